The number of carbonyl (C=O) groups excluding carboxylic acids is 1. The molecule has 3 heteroatoms. The number of hydrogen-bond acceptors (Lipinski definition) is 2. The molecule has 0 radical (unpaired) electrons. The van der Waals surface area contributed by atoms with Crippen molar-refractivity contribution in [1.29, 1.82) is 0 Å². The Kier molecular flexibility index (Phi) is 5.40. The molecule has 0 aliphatic heterocycles. The lowest BCUT2D eigenvalue weighted by atomic mass is 9.95. The highest BCUT2D eigenvalue weighted by atomic mass is 79.9. The second-order valence-corrected chi connectivity index (χ2v) is 4.11. The molecule has 0 aliphatic carbocycles. The first kappa shape index (κ1) is 12.2. The number of methoxy groups -OCH3 is 1. The Morgan fingerprint density at radius 3 is 2.60 bits per heavy atom. The molecule has 0 heterocycles. The van der Waals surface area contributed by atoms with Crippen LogP contribution in [0.2, 0.25) is 0 Å². The molecule has 82 valence electrons. The molecule has 0 unspecified atom stereocenters. The van der Waals surface area contributed by atoms with E-state index in [1.54, 1.807) is 0 Å². The van der Waals surface area contributed by atoms with E-state index in [1.165, 1.54) is 7.11 Å². The van der Waals surface area contributed by atoms with Crippen molar-refractivity contribution in [2.45, 2.75) is 18.8 Å². The van der Waals surface area contributed by atoms with E-state index in [-0.39, 0.29) is 11.9 Å². The van der Waals surface area contributed by atoms with Gasteiger partial charge in [-0.3, -0.25) is 4.79 Å². The largest absolute Gasteiger partial charge is 0.469 e. The zero-order valence-electron chi connectivity index (χ0n) is 8.78. The number of hydrogen-bond donors (Lipinski definition) is 0. The van der Waals surface area contributed by atoms with Gasteiger partial charge in [0.15, 0.2) is 0 Å². The van der Waals surface area contributed by atoms with Crippen molar-refractivity contribution in [3.63, 3.8) is 0 Å². The van der Waals surface area contributed by atoms with Crippen LogP contribution in [0.3, 0.4) is 0 Å². The van der Waals surface area contributed by atoms with Crippen LogP contribution in [0.15, 0.2) is 30.3 Å². The summed E-state index contributed by atoms with van der Waals surface area (Å²) >= 11 is 3.37. The SMILES string of the molecule is COC(=O)[C@@H](CCCBr)c1ccccc1. The van der Waals surface area contributed by atoms with Gasteiger partial charge in [0.25, 0.3) is 0 Å². The van der Waals surface area contributed by atoms with E-state index in [4.69, 9.17) is 4.74 Å². The summed E-state index contributed by atoms with van der Waals surface area (Å²) in [6.45, 7) is 0. The molecule has 1 aromatic rings. The lowest BCUT2D eigenvalue weighted by molar-refractivity contribution is -0.142. The summed E-state index contributed by atoms with van der Waals surface area (Å²) < 4.78 is 4.81. The van der Waals surface area contributed by atoms with Gasteiger partial charge in [0, 0.05) is 5.33 Å². The second kappa shape index (κ2) is 6.62. The fraction of sp³-hybridized carbons (Fsp3) is 0.417. The zero-order chi connectivity index (χ0) is 11.1. The van der Waals surface area contributed by atoms with Crippen molar-refractivity contribution in [3.8, 4) is 0 Å². The van der Waals surface area contributed by atoms with Crippen LogP contribution in [-0.2, 0) is 9.53 Å². The van der Waals surface area contributed by atoms with Crippen molar-refractivity contribution in [2.24, 2.45) is 0 Å². The third kappa shape index (κ3) is 3.67. The number of halogens is 1. The second-order valence-electron chi connectivity index (χ2n) is 3.32. The number of ether oxygens (including phenoxy) is 1. The number of alkyl halides is 1. The smallest absolute Gasteiger partial charge is 0.313 e. The minimum absolute atomic E-state index is 0.131. The fourth-order valence-electron chi connectivity index (χ4n) is 1.53. The topological polar surface area (TPSA) is 26.3 Å². The Balaban J connectivity index is 2.76. The highest BCUT2D eigenvalue weighted by molar-refractivity contribution is 9.09. The molecular weight excluding hydrogens is 256 g/mol. The van der Waals surface area contributed by atoms with Crippen LogP contribution in [0.5, 0.6) is 0 Å². The third-order valence-corrected chi connectivity index (χ3v) is 2.87. The lowest BCUT2D eigenvalue weighted by Gasteiger charge is -2.13. The van der Waals surface area contributed by atoms with Gasteiger partial charge in [-0.2, -0.15) is 0 Å². The molecule has 0 aromatic heterocycles. The summed E-state index contributed by atoms with van der Waals surface area (Å²) in [7, 11) is 1.44. The Labute approximate surface area is 98.8 Å². The maximum Gasteiger partial charge on any atom is 0.313 e. The molecular formula is C12H15BrO2. The normalized spacial score (nSPS) is 12.1. The van der Waals surface area contributed by atoms with Crippen LogP contribution in [-0.4, -0.2) is 18.4 Å². The molecule has 0 fully saturated rings. The van der Waals surface area contributed by atoms with Crippen LogP contribution in [0.25, 0.3) is 0 Å². The quantitative estimate of drug-likeness (QED) is 0.607. The first-order chi connectivity index (χ1) is 7.29. The Morgan fingerprint density at radius 2 is 2.07 bits per heavy atom. The molecule has 1 aromatic carbocycles. The molecule has 1 atom stereocenters. The molecule has 0 amide bonds. The Morgan fingerprint density at radius 1 is 1.40 bits per heavy atom. The van der Waals surface area contributed by atoms with E-state index >= 15 is 0 Å². The van der Waals surface area contributed by atoms with Crippen LogP contribution >= 0.6 is 15.9 Å². The van der Waals surface area contributed by atoms with Gasteiger partial charge in [-0.1, -0.05) is 46.3 Å². The van der Waals surface area contributed by atoms with Crippen molar-refractivity contribution in [2.75, 3.05) is 12.4 Å². The number of rotatable bonds is 5. The predicted octanol–water partition coefficient (Wildman–Crippen LogP) is 3.12. The molecule has 0 N–H and O–H groups in total. The van der Waals surface area contributed by atoms with Crippen LogP contribution in [0.1, 0.15) is 24.3 Å². The van der Waals surface area contributed by atoms with E-state index in [9.17, 15) is 4.79 Å². The molecule has 2 nitrogen and oxygen atoms in total. The summed E-state index contributed by atoms with van der Waals surface area (Å²) in [5.41, 5.74) is 1.03. The first-order valence-electron chi connectivity index (χ1n) is 4.98. The molecule has 0 saturated heterocycles. The molecule has 0 aliphatic rings. The molecule has 1 rings (SSSR count). The third-order valence-electron chi connectivity index (χ3n) is 2.31. The fourth-order valence-corrected chi connectivity index (χ4v) is 1.85. The highest BCUT2D eigenvalue weighted by Gasteiger charge is 2.20. The lowest BCUT2D eigenvalue weighted by Crippen LogP contribution is -2.14. The number of carbonyl (C=O) groups is 1. The minimum Gasteiger partial charge on any atom is -0.469 e. The van der Waals surface area contributed by atoms with Gasteiger partial charge >= 0.3 is 5.97 Å². The monoisotopic (exact) mass is 270 g/mol. The van der Waals surface area contributed by atoms with E-state index < -0.39 is 0 Å². The summed E-state index contributed by atoms with van der Waals surface area (Å²) in [5, 5.41) is 0.910. The maximum absolute atomic E-state index is 11.6. The van der Waals surface area contributed by atoms with E-state index in [0.29, 0.717) is 0 Å². The van der Waals surface area contributed by atoms with Crippen LogP contribution in [0, 0.1) is 0 Å². The Hall–Kier alpha value is -0.830. The number of esters is 1. The van der Waals surface area contributed by atoms with E-state index in [1.807, 2.05) is 30.3 Å². The molecule has 0 bridgehead atoms. The summed E-state index contributed by atoms with van der Waals surface area (Å²) in [4.78, 5) is 11.6. The average Bonchev–Trinajstić information content (AvgIpc) is 2.30. The van der Waals surface area contributed by atoms with Crippen molar-refractivity contribution in [1.82, 2.24) is 0 Å². The summed E-state index contributed by atoms with van der Waals surface area (Å²) in [6.07, 6.45) is 1.79. The minimum atomic E-state index is -0.151. The standard InChI is InChI=1S/C12H15BrO2/c1-15-12(14)11(8-5-9-13)10-6-3-2-4-7-10/h2-4,6-7,11H,5,8-9H2,1H3/t11-/m0/s1. The van der Waals surface area contributed by atoms with Crippen LogP contribution in [0.4, 0.5) is 0 Å². The van der Waals surface area contributed by atoms with Crippen molar-refractivity contribution < 1.29 is 9.53 Å². The van der Waals surface area contributed by atoms with Crippen molar-refractivity contribution >= 4 is 21.9 Å². The Bertz CT molecular complexity index is 298. The summed E-state index contributed by atoms with van der Waals surface area (Å²) in [6, 6.07) is 9.77. The molecule has 15 heavy (non-hydrogen) atoms. The molecule has 0 spiro atoms. The van der Waals surface area contributed by atoms with E-state index in [0.717, 1.165) is 23.7 Å². The van der Waals surface area contributed by atoms with Gasteiger partial charge < -0.3 is 4.74 Å². The zero-order valence-corrected chi connectivity index (χ0v) is 10.4. The highest BCUT2D eigenvalue weighted by Crippen LogP contribution is 2.22. The number of benzene rings is 1. The van der Waals surface area contributed by atoms with Gasteiger partial charge in [0.1, 0.15) is 0 Å². The first-order valence-corrected chi connectivity index (χ1v) is 6.10. The van der Waals surface area contributed by atoms with Gasteiger partial charge in [0.05, 0.1) is 13.0 Å². The van der Waals surface area contributed by atoms with Crippen LogP contribution < -0.4 is 0 Å². The van der Waals surface area contributed by atoms with Gasteiger partial charge in [-0.15, -0.1) is 0 Å². The maximum atomic E-state index is 11.6. The summed E-state index contributed by atoms with van der Waals surface area (Å²) in [5.74, 6) is -0.282. The van der Waals surface area contributed by atoms with E-state index in [2.05, 4.69) is 15.9 Å². The van der Waals surface area contributed by atoms with Gasteiger partial charge in [0.2, 0.25) is 0 Å². The average molecular weight is 271 g/mol. The van der Waals surface area contributed by atoms with Gasteiger partial charge in [-0.25, -0.2) is 0 Å². The van der Waals surface area contributed by atoms with Gasteiger partial charge in [-0.05, 0) is 18.4 Å². The van der Waals surface area contributed by atoms with Crippen molar-refractivity contribution in [3.05, 3.63) is 35.9 Å². The predicted molar refractivity (Wildman–Crippen MR) is 64.2 cm³/mol. The molecule has 0 saturated carbocycles.